The average molecular weight is 421 g/mol. The molecule has 1 fully saturated rings. The van der Waals surface area contributed by atoms with Crippen molar-refractivity contribution >= 4 is 27.3 Å². The third-order valence-electron chi connectivity index (χ3n) is 5.50. The van der Waals surface area contributed by atoms with Crippen LogP contribution in [0.15, 0.2) is 41.2 Å². The van der Waals surface area contributed by atoms with Gasteiger partial charge in [0.15, 0.2) is 9.84 Å². The van der Waals surface area contributed by atoms with Crippen molar-refractivity contribution in [1.82, 2.24) is 9.47 Å². The number of halogens is 1. The van der Waals surface area contributed by atoms with Crippen LogP contribution in [0.1, 0.15) is 18.0 Å². The number of pyridine rings is 1. The van der Waals surface area contributed by atoms with Crippen LogP contribution in [0.3, 0.4) is 0 Å². The summed E-state index contributed by atoms with van der Waals surface area (Å²) in [6, 6.07) is 11.0. The van der Waals surface area contributed by atoms with E-state index < -0.39 is 15.6 Å². The Labute approximate surface area is 168 Å². The van der Waals surface area contributed by atoms with Crippen molar-refractivity contribution in [2.75, 3.05) is 25.1 Å². The molecule has 0 radical (unpaired) electrons. The van der Waals surface area contributed by atoms with E-state index in [9.17, 15) is 18.0 Å². The lowest BCUT2D eigenvalue weighted by molar-refractivity contribution is -0.131. The number of benzene rings is 1. The zero-order valence-electron chi connectivity index (χ0n) is 15.5. The van der Waals surface area contributed by atoms with Crippen LogP contribution in [-0.2, 0) is 21.2 Å². The molecule has 3 heterocycles. The fraction of sp³-hybridized carbons (Fsp3) is 0.400. The Balaban J connectivity index is 1.64. The van der Waals surface area contributed by atoms with Gasteiger partial charge < -0.3 is 9.47 Å². The Morgan fingerprint density at radius 2 is 1.82 bits per heavy atom. The van der Waals surface area contributed by atoms with Gasteiger partial charge in [-0.15, -0.1) is 0 Å². The minimum atomic E-state index is -3.36. The first-order chi connectivity index (χ1) is 13.2. The second-order valence-corrected chi connectivity index (χ2v) is 10.3. The topological polar surface area (TPSA) is 76.5 Å². The van der Waals surface area contributed by atoms with Gasteiger partial charge in [-0.2, -0.15) is 0 Å². The molecule has 1 amide bonds. The van der Waals surface area contributed by atoms with E-state index in [-0.39, 0.29) is 23.3 Å². The van der Waals surface area contributed by atoms with Gasteiger partial charge in [-0.1, -0.05) is 23.7 Å². The van der Waals surface area contributed by atoms with Gasteiger partial charge in [0, 0.05) is 48.1 Å². The van der Waals surface area contributed by atoms with E-state index in [0.717, 1.165) is 23.9 Å². The maximum absolute atomic E-state index is 13.1. The number of piperidine rings is 1. The lowest BCUT2D eigenvalue weighted by atomic mass is 9.82. The molecule has 2 bridgehead atoms. The molecule has 148 valence electrons. The van der Waals surface area contributed by atoms with Crippen molar-refractivity contribution in [1.29, 1.82) is 0 Å². The lowest BCUT2D eigenvalue weighted by Crippen LogP contribution is -2.50. The highest BCUT2D eigenvalue weighted by Crippen LogP contribution is 2.36. The summed E-state index contributed by atoms with van der Waals surface area (Å²) in [5, 5.41) is 0.621. The Hall–Kier alpha value is -2.12. The Morgan fingerprint density at radius 3 is 2.50 bits per heavy atom. The molecular formula is C20H21ClN2O4S. The highest BCUT2D eigenvalue weighted by atomic mass is 35.5. The molecule has 2 aliphatic rings. The van der Waals surface area contributed by atoms with Crippen molar-refractivity contribution < 1.29 is 13.2 Å². The van der Waals surface area contributed by atoms with Gasteiger partial charge in [-0.25, -0.2) is 8.42 Å². The van der Waals surface area contributed by atoms with Gasteiger partial charge in [-0.05, 0) is 42.2 Å². The maximum Gasteiger partial charge on any atom is 0.258 e. The van der Waals surface area contributed by atoms with Crippen LogP contribution < -0.4 is 5.56 Å². The summed E-state index contributed by atoms with van der Waals surface area (Å²) < 4.78 is 24.8. The standard InChI is InChI=1S/C20H21ClN2O4S/c1-28(26,27)12-19(24)22-9-13-8-15(11-22)18-7-6-17(20(25)23(18)10-13)14-2-4-16(21)5-3-14/h2-7,13,15H,8-12H2,1H3/t13-,15+/m0/s1. The van der Waals surface area contributed by atoms with Crippen LogP contribution in [0, 0.1) is 5.92 Å². The largest absolute Gasteiger partial charge is 0.341 e. The van der Waals surface area contributed by atoms with Crippen molar-refractivity contribution in [2.45, 2.75) is 18.9 Å². The molecule has 28 heavy (non-hydrogen) atoms. The summed E-state index contributed by atoms with van der Waals surface area (Å²) in [5.74, 6) is -0.629. The molecule has 0 aliphatic carbocycles. The number of rotatable bonds is 3. The Morgan fingerprint density at radius 1 is 1.11 bits per heavy atom. The third-order valence-corrected chi connectivity index (χ3v) is 6.52. The number of aromatic nitrogens is 1. The molecule has 2 aliphatic heterocycles. The SMILES string of the molecule is CS(=O)(=O)CC(=O)N1C[C@@H]2C[C@H](C1)c1ccc(-c3ccc(Cl)cc3)c(=O)n1C2. The van der Waals surface area contributed by atoms with E-state index in [4.69, 9.17) is 11.6 Å². The van der Waals surface area contributed by atoms with E-state index in [1.54, 1.807) is 17.0 Å². The van der Waals surface area contributed by atoms with Gasteiger partial charge in [0.25, 0.3) is 5.56 Å². The second kappa shape index (κ2) is 7.04. The molecule has 1 aromatic carbocycles. The molecule has 2 atom stereocenters. The normalized spacial score (nSPS) is 21.3. The van der Waals surface area contributed by atoms with Gasteiger partial charge in [0.2, 0.25) is 5.91 Å². The summed E-state index contributed by atoms with van der Waals surface area (Å²) in [6.07, 6.45) is 1.98. The summed E-state index contributed by atoms with van der Waals surface area (Å²) in [5.41, 5.74) is 2.33. The fourth-order valence-electron chi connectivity index (χ4n) is 4.31. The summed E-state index contributed by atoms with van der Waals surface area (Å²) in [4.78, 5) is 27.1. The van der Waals surface area contributed by atoms with Crippen LogP contribution >= 0.6 is 11.6 Å². The van der Waals surface area contributed by atoms with E-state index in [1.807, 2.05) is 28.8 Å². The number of carbonyl (C=O) groups excluding carboxylic acids is 1. The maximum atomic E-state index is 13.1. The molecule has 4 rings (SSSR count). The molecule has 2 aromatic rings. The zero-order chi connectivity index (χ0) is 20.1. The molecule has 1 aromatic heterocycles. The number of likely N-dealkylation sites (tertiary alicyclic amines) is 1. The molecule has 0 spiro atoms. The van der Waals surface area contributed by atoms with Gasteiger partial charge >= 0.3 is 0 Å². The van der Waals surface area contributed by atoms with Crippen LogP contribution in [0.2, 0.25) is 5.02 Å². The van der Waals surface area contributed by atoms with Crippen LogP contribution in [-0.4, -0.2) is 48.9 Å². The first kappa shape index (κ1) is 19.2. The number of sulfone groups is 1. The fourth-order valence-corrected chi connectivity index (χ4v) is 5.07. The molecular weight excluding hydrogens is 400 g/mol. The molecule has 0 saturated carbocycles. The predicted octanol–water partition coefficient (Wildman–Crippen LogP) is 2.16. The minimum Gasteiger partial charge on any atom is -0.341 e. The smallest absolute Gasteiger partial charge is 0.258 e. The van der Waals surface area contributed by atoms with Crippen molar-refractivity contribution in [3.8, 4) is 11.1 Å². The van der Waals surface area contributed by atoms with Gasteiger partial charge in [0.1, 0.15) is 5.75 Å². The third kappa shape index (κ3) is 3.73. The van der Waals surface area contributed by atoms with Gasteiger partial charge in [-0.3, -0.25) is 9.59 Å². The number of fused-ring (bicyclic) bond motifs is 4. The summed E-state index contributed by atoms with van der Waals surface area (Å²) >= 11 is 5.95. The van der Waals surface area contributed by atoms with E-state index >= 15 is 0 Å². The average Bonchev–Trinajstić information content (AvgIpc) is 2.62. The van der Waals surface area contributed by atoms with Crippen LogP contribution in [0.4, 0.5) is 0 Å². The first-order valence-corrected chi connectivity index (χ1v) is 11.6. The van der Waals surface area contributed by atoms with Crippen molar-refractivity contribution in [3.63, 3.8) is 0 Å². The van der Waals surface area contributed by atoms with E-state index in [0.29, 0.717) is 30.2 Å². The van der Waals surface area contributed by atoms with Crippen LogP contribution in [0.5, 0.6) is 0 Å². The minimum absolute atomic E-state index is 0.0366. The summed E-state index contributed by atoms with van der Waals surface area (Å²) in [7, 11) is -3.36. The number of hydrogen-bond donors (Lipinski definition) is 0. The quantitative estimate of drug-likeness (QED) is 0.762. The van der Waals surface area contributed by atoms with Crippen molar-refractivity contribution in [3.05, 3.63) is 57.5 Å². The summed E-state index contributed by atoms with van der Waals surface area (Å²) in [6.45, 7) is 1.47. The monoisotopic (exact) mass is 420 g/mol. The molecule has 6 nitrogen and oxygen atoms in total. The predicted molar refractivity (Wildman–Crippen MR) is 108 cm³/mol. The highest BCUT2D eigenvalue weighted by Gasteiger charge is 2.37. The molecule has 8 heteroatoms. The number of amides is 1. The first-order valence-electron chi connectivity index (χ1n) is 9.16. The number of carbonyl (C=O) groups is 1. The van der Waals surface area contributed by atoms with E-state index in [1.165, 1.54) is 0 Å². The zero-order valence-corrected chi connectivity index (χ0v) is 17.0. The molecule has 1 saturated heterocycles. The van der Waals surface area contributed by atoms with Crippen molar-refractivity contribution in [2.24, 2.45) is 5.92 Å². The van der Waals surface area contributed by atoms with Gasteiger partial charge in [0.05, 0.1) is 0 Å². The van der Waals surface area contributed by atoms with Crippen LogP contribution in [0.25, 0.3) is 11.1 Å². The number of nitrogens with zero attached hydrogens (tertiary/aromatic N) is 2. The number of hydrogen-bond acceptors (Lipinski definition) is 4. The molecule has 0 N–H and O–H groups in total. The highest BCUT2D eigenvalue weighted by molar-refractivity contribution is 7.91. The lowest BCUT2D eigenvalue weighted by Gasteiger charge is -2.42. The van der Waals surface area contributed by atoms with E-state index in [2.05, 4.69) is 0 Å². The second-order valence-electron chi connectivity index (χ2n) is 7.76. The Bertz CT molecular complexity index is 1090. The molecule has 0 unspecified atom stereocenters. The Kier molecular flexibility index (Phi) is 4.83.